The van der Waals surface area contributed by atoms with Gasteiger partial charge in [0.25, 0.3) is 10.0 Å². The number of carbonyl (C=O) groups excluding carboxylic acids is 2. The number of nitrogens with zero attached hydrogens (tertiary/aromatic N) is 4. The van der Waals surface area contributed by atoms with E-state index in [1.165, 1.54) is 48.2 Å². The number of nitriles is 2. The third kappa shape index (κ3) is 4.63. The van der Waals surface area contributed by atoms with Crippen LogP contribution in [0.2, 0.25) is 0 Å². The van der Waals surface area contributed by atoms with E-state index in [2.05, 4.69) is 0 Å². The molecule has 1 unspecified atom stereocenters. The number of rotatable bonds is 6. The first-order valence-corrected chi connectivity index (χ1v) is 10.9. The van der Waals surface area contributed by atoms with Gasteiger partial charge in [-0.25, -0.2) is 18.0 Å². The highest BCUT2D eigenvalue weighted by molar-refractivity contribution is 7.89. The highest BCUT2D eigenvalue weighted by Gasteiger charge is 2.39. The van der Waals surface area contributed by atoms with Crippen LogP contribution in [0.3, 0.4) is 0 Å². The molecule has 0 N–H and O–H groups in total. The number of anilines is 1. The molecule has 0 aromatic heterocycles. The van der Waals surface area contributed by atoms with Gasteiger partial charge in [-0.05, 0) is 55.5 Å². The lowest BCUT2D eigenvalue weighted by Crippen LogP contribution is -2.43. The van der Waals surface area contributed by atoms with Crippen LogP contribution in [-0.4, -0.2) is 50.7 Å². The van der Waals surface area contributed by atoms with E-state index in [1.54, 1.807) is 12.1 Å². The Balaban J connectivity index is 1.84. The molecule has 2 aromatic carbocycles. The number of hydrogen-bond acceptors (Lipinski definition) is 8. The van der Waals surface area contributed by atoms with Gasteiger partial charge in [-0.3, -0.25) is 4.90 Å². The van der Waals surface area contributed by atoms with Crippen molar-refractivity contribution in [2.75, 3.05) is 24.6 Å². The van der Waals surface area contributed by atoms with Crippen LogP contribution in [0.4, 0.5) is 15.3 Å². The zero-order valence-electron chi connectivity index (χ0n) is 17.0. The number of benzene rings is 2. The topological polar surface area (TPSA) is 141 Å². The van der Waals surface area contributed by atoms with Crippen LogP contribution in [-0.2, 0) is 19.5 Å². The van der Waals surface area contributed by atoms with Crippen molar-refractivity contribution < 1.29 is 27.5 Å². The fraction of sp³-hybridized carbons (Fsp3) is 0.238. The molecule has 0 radical (unpaired) electrons. The van der Waals surface area contributed by atoms with Gasteiger partial charge in [0.15, 0.2) is 0 Å². The summed E-state index contributed by atoms with van der Waals surface area (Å²) in [5.74, 6) is 0. The number of cyclic esters (lactones) is 1. The fourth-order valence-electron chi connectivity index (χ4n) is 3.02. The van der Waals surface area contributed by atoms with E-state index in [1.807, 2.05) is 12.1 Å². The van der Waals surface area contributed by atoms with Crippen molar-refractivity contribution in [3.63, 3.8) is 0 Å². The monoisotopic (exact) mass is 454 g/mol. The predicted octanol–water partition coefficient (Wildman–Crippen LogP) is 2.60. The molecule has 1 heterocycles. The normalized spacial score (nSPS) is 15.4. The summed E-state index contributed by atoms with van der Waals surface area (Å²) in [6.07, 6.45) is -2.76. The molecule has 3 rings (SSSR count). The molecule has 2 amide bonds. The first-order valence-electron chi connectivity index (χ1n) is 9.48. The maximum absolute atomic E-state index is 13.1. The van der Waals surface area contributed by atoms with Gasteiger partial charge in [0, 0.05) is 5.69 Å². The fourth-order valence-corrected chi connectivity index (χ4v) is 4.37. The van der Waals surface area contributed by atoms with Gasteiger partial charge in [-0.2, -0.15) is 14.8 Å². The molecule has 1 aliphatic heterocycles. The molecule has 0 aliphatic carbocycles. The molecule has 32 heavy (non-hydrogen) atoms. The Morgan fingerprint density at radius 2 is 1.69 bits per heavy atom. The quantitative estimate of drug-likeness (QED) is 0.648. The predicted molar refractivity (Wildman–Crippen MR) is 111 cm³/mol. The summed E-state index contributed by atoms with van der Waals surface area (Å²) in [6, 6.07) is 15.1. The summed E-state index contributed by atoms with van der Waals surface area (Å²) < 4.78 is 36.9. The van der Waals surface area contributed by atoms with Crippen LogP contribution in [0.1, 0.15) is 18.1 Å². The van der Waals surface area contributed by atoms with Crippen molar-refractivity contribution in [3.8, 4) is 12.1 Å². The average Bonchev–Trinajstić information content (AvgIpc) is 3.17. The van der Waals surface area contributed by atoms with Gasteiger partial charge in [0.05, 0.1) is 47.9 Å². The van der Waals surface area contributed by atoms with Gasteiger partial charge in [0.2, 0.25) is 0 Å². The molecule has 0 bridgehead atoms. The standard InChI is InChI=1S/C21H18N4O6S/c1-2-30-21(27)25(32(28,29)19-9-5-16(12-23)6-10-19)14-18-13-24(20(26)31-18)17-7-3-15(11-22)4-8-17/h3-10,18H,2,13-14H2,1H3. The number of hydrogen-bond donors (Lipinski definition) is 0. The van der Waals surface area contributed by atoms with E-state index in [-0.39, 0.29) is 23.6 Å². The molecule has 1 atom stereocenters. The van der Waals surface area contributed by atoms with Gasteiger partial charge < -0.3 is 9.47 Å². The van der Waals surface area contributed by atoms with Crippen LogP contribution in [0.15, 0.2) is 53.4 Å². The lowest BCUT2D eigenvalue weighted by atomic mass is 10.2. The largest absolute Gasteiger partial charge is 0.449 e. The molecule has 11 heteroatoms. The molecule has 2 aromatic rings. The first-order chi connectivity index (χ1) is 15.3. The Labute approximate surface area is 184 Å². The Bertz CT molecular complexity index is 1200. The SMILES string of the molecule is CCOC(=O)N(CC1CN(c2ccc(C#N)cc2)C(=O)O1)S(=O)(=O)c1ccc(C#N)cc1. The van der Waals surface area contributed by atoms with Crippen LogP contribution in [0.25, 0.3) is 0 Å². The Morgan fingerprint density at radius 3 is 2.22 bits per heavy atom. The summed E-state index contributed by atoms with van der Waals surface area (Å²) >= 11 is 0. The second-order valence-electron chi connectivity index (χ2n) is 6.65. The molecule has 0 saturated carbocycles. The lowest BCUT2D eigenvalue weighted by Gasteiger charge is -2.23. The third-order valence-electron chi connectivity index (χ3n) is 4.59. The second kappa shape index (κ2) is 9.37. The first kappa shape index (κ1) is 22.6. The number of carbonyl (C=O) groups is 2. The van der Waals surface area contributed by atoms with E-state index < -0.39 is 34.9 Å². The second-order valence-corrected chi connectivity index (χ2v) is 8.51. The van der Waals surface area contributed by atoms with E-state index in [0.29, 0.717) is 15.6 Å². The van der Waals surface area contributed by atoms with E-state index in [4.69, 9.17) is 20.0 Å². The summed E-state index contributed by atoms with van der Waals surface area (Å²) in [5, 5.41) is 17.8. The van der Waals surface area contributed by atoms with E-state index in [0.717, 1.165) is 0 Å². The average molecular weight is 454 g/mol. The van der Waals surface area contributed by atoms with Crippen molar-refractivity contribution in [2.45, 2.75) is 17.9 Å². The molecule has 10 nitrogen and oxygen atoms in total. The summed E-state index contributed by atoms with van der Waals surface area (Å²) in [6.45, 7) is 1.01. The molecule has 164 valence electrons. The molecule has 0 spiro atoms. The minimum Gasteiger partial charge on any atom is -0.449 e. The Kier molecular flexibility index (Phi) is 6.61. The van der Waals surface area contributed by atoms with Crippen molar-refractivity contribution in [1.82, 2.24) is 4.31 Å². The number of sulfonamides is 1. The van der Waals surface area contributed by atoms with Gasteiger partial charge in [-0.15, -0.1) is 0 Å². The highest BCUT2D eigenvalue weighted by atomic mass is 32.2. The Hall–Kier alpha value is -4.09. The van der Waals surface area contributed by atoms with Crippen molar-refractivity contribution in [2.24, 2.45) is 0 Å². The summed E-state index contributed by atoms with van der Waals surface area (Å²) in [7, 11) is -4.34. The maximum Gasteiger partial charge on any atom is 0.423 e. The van der Waals surface area contributed by atoms with Gasteiger partial charge >= 0.3 is 12.2 Å². The van der Waals surface area contributed by atoms with Crippen LogP contribution < -0.4 is 4.90 Å². The minimum absolute atomic E-state index is 0.0104. The number of ether oxygens (including phenoxy) is 2. The molecule has 1 saturated heterocycles. The minimum atomic E-state index is -4.34. The van der Waals surface area contributed by atoms with Crippen LogP contribution in [0, 0.1) is 22.7 Å². The van der Waals surface area contributed by atoms with E-state index >= 15 is 0 Å². The third-order valence-corrected chi connectivity index (χ3v) is 6.34. The van der Waals surface area contributed by atoms with Gasteiger partial charge in [-0.1, -0.05) is 0 Å². The smallest absolute Gasteiger partial charge is 0.423 e. The highest BCUT2D eigenvalue weighted by Crippen LogP contribution is 2.25. The van der Waals surface area contributed by atoms with Crippen molar-refractivity contribution in [1.29, 1.82) is 10.5 Å². The number of amides is 2. The van der Waals surface area contributed by atoms with Crippen LogP contribution in [0.5, 0.6) is 0 Å². The molecule has 1 fully saturated rings. The molecule has 1 aliphatic rings. The van der Waals surface area contributed by atoms with E-state index in [9.17, 15) is 18.0 Å². The zero-order valence-corrected chi connectivity index (χ0v) is 17.8. The van der Waals surface area contributed by atoms with Crippen molar-refractivity contribution >= 4 is 27.9 Å². The zero-order chi connectivity index (χ0) is 23.3. The van der Waals surface area contributed by atoms with Crippen molar-refractivity contribution in [3.05, 3.63) is 59.7 Å². The van der Waals surface area contributed by atoms with Crippen LogP contribution >= 0.6 is 0 Å². The Morgan fingerprint density at radius 1 is 1.12 bits per heavy atom. The molecular formula is C21H18N4O6S. The molecular weight excluding hydrogens is 436 g/mol. The maximum atomic E-state index is 13.1. The summed E-state index contributed by atoms with van der Waals surface area (Å²) in [5.41, 5.74) is 1.14. The lowest BCUT2D eigenvalue weighted by molar-refractivity contribution is 0.103. The van der Waals surface area contributed by atoms with Gasteiger partial charge in [0.1, 0.15) is 6.10 Å². The summed E-state index contributed by atoms with van der Waals surface area (Å²) in [4.78, 5) is 25.9.